The van der Waals surface area contributed by atoms with Gasteiger partial charge in [0.1, 0.15) is 5.76 Å². The van der Waals surface area contributed by atoms with E-state index in [-0.39, 0.29) is 18.7 Å². The molecule has 0 heterocycles. The van der Waals surface area contributed by atoms with Crippen molar-refractivity contribution in [1.82, 2.24) is 5.32 Å². The lowest BCUT2D eigenvalue weighted by Crippen LogP contribution is -2.28. The van der Waals surface area contributed by atoms with Crippen molar-refractivity contribution in [1.29, 1.82) is 0 Å². The number of carboxylic acid groups (broad SMARTS) is 1. The molecule has 2 aromatic rings. The van der Waals surface area contributed by atoms with Crippen molar-refractivity contribution in [3.05, 3.63) is 88.2 Å². The van der Waals surface area contributed by atoms with E-state index < -0.39 is 24.3 Å². The highest BCUT2D eigenvalue weighted by molar-refractivity contribution is 5.89. The Morgan fingerprint density at radius 1 is 1.09 bits per heavy atom. The molecule has 2 amide bonds. The highest BCUT2D eigenvalue weighted by atomic mass is 19.4. The van der Waals surface area contributed by atoms with Crippen LogP contribution in [0.3, 0.4) is 0 Å². The number of rotatable bonds is 7. The molecule has 0 saturated carbocycles. The van der Waals surface area contributed by atoms with E-state index in [1.807, 2.05) is 0 Å². The number of urea groups is 1. The van der Waals surface area contributed by atoms with Gasteiger partial charge in [0.2, 0.25) is 0 Å². The quantitative estimate of drug-likeness (QED) is 0.479. The van der Waals surface area contributed by atoms with Crippen LogP contribution in [0.1, 0.15) is 40.2 Å². The maximum Gasteiger partial charge on any atom is 0.572 e. The first-order chi connectivity index (χ1) is 16.0. The number of amides is 2. The van der Waals surface area contributed by atoms with Gasteiger partial charge in [-0.3, -0.25) is 4.79 Å². The Morgan fingerprint density at radius 2 is 1.71 bits per heavy atom. The third-order valence-corrected chi connectivity index (χ3v) is 5.38. The average molecular weight is 474 g/mol. The minimum absolute atomic E-state index is 0.0698. The summed E-state index contributed by atoms with van der Waals surface area (Å²) in [7, 11) is 0. The molecular weight excluding hydrogens is 449 g/mol. The van der Waals surface area contributed by atoms with Gasteiger partial charge in [0.05, 0.1) is 6.42 Å². The predicted octanol–water partition coefficient (Wildman–Crippen LogP) is 5.72. The third kappa shape index (κ3) is 6.87. The van der Waals surface area contributed by atoms with Gasteiger partial charge >= 0.3 is 18.4 Å². The summed E-state index contributed by atoms with van der Waals surface area (Å²) in [6, 6.07) is 9.86. The summed E-state index contributed by atoms with van der Waals surface area (Å²) in [6.07, 6.45) is 0.201. The van der Waals surface area contributed by atoms with Crippen molar-refractivity contribution in [2.45, 2.75) is 45.5 Å². The first-order valence-corrected chi connectivity index (χ1v) is 10.6. The number of carboxylic acids is 1. The number of nitrogens with one attached hydrogen (secondary N) is 2. The van der Waals surface area contributed by atoms with Crippen LogP contribution in [0, 0.1) is 13.8 Å². The molecule has 1 unspecified atom stereocenters. The lowest BCUT2D eigenvalue weighted by Gasteiger charge is -2.26. The van der Waals surface area contributed by atoms with Gasteiger partial charge in [-0.2, -0.15) is 0 Å². The van der Waals surface area contributed by atoms with Crippen molar-refractivity contribution < 1.29 is 32.6 Å². The van der Waals surface area contributed by atoms with E-state index in [1.54, 1.807) is 62.4 Å². The number of anilines is 1. The fourth-order valence-corrected chi connectivity index (χ4v) is 4.01. The van der Waals surface area contributed by atoms with Crippen LogP contribution < -0.4 is 10.6 Å². The minimum Gasteiger partial charge on any atom is -0.481 e. The van der Waals surface area contributed by atoms with Crippen LogP contribution in [-0.2, 0) is 22.5 Å². The fourth-order valence-electron chi connectivity index (χ4n) is 4.01. The maximum absolute atomic E-state index is 12.8. The van der Waals surface area contributed by atoms with Crippen LogP contribution in [0.4, 0.5) is 23.7 Å². The maximum atomic E-state index is 12.8. The molecule has 1 aliphatic carbocycles. The second kappa shape index (κ2) is 10.5. The van der Waals surface area contributed by atoms with E-state index >= 15 is 0 Å². The van der Waals surface area contributed by atoms with E-state index in [9.17, 15) is 22.8 Å². The van der Waals surface area contributed by atoms with Crippen molar-refractivity contribution in [3.63, 3.8) is 0 Å². The van der Waals surface area contributed by atoms with Gasteiger partial charge in [0.25, 0.3) is 0 Å². The van der Waals surface area contributed by atoms with Crippen LogP contribution in [0.2, 0.25) is 0 Å². The molecule has 0 saturated heterocycles. The molecule has 180 valence electrons. The Kier molecular flexibility index (Phi) is 7.65. The molecule has 0 aromatic heterocycles. The molecule has 0 aliphatic heterocycles. The van der Waals surface area contributed by atoms with Gasteiger partial charge in [0.15, 0.2) is 0 Å². The van der Waals surface area contributed by atoms with E-state index in [2.05, 4.69) is 15.4 Å². The Morgan fingerprint density at radius 3 is 2.29 bits per heavy atom. The van der Waals surface area contributed by atoms with Gasteiger partial charge < -0.3 is 20.5 Å². The molecule has 2 aromatic carbocycles. The number of hydrogen-bond donors (Lipinski definition) is 3. The number of carbonyl (C=O) groups excluding carboxylic acids is 1. The summed E-state index contributed by atoms with van der Waals surface area (Å²) in [5.41, 5.74) is 4.19. The van der Waals surface area contributed by atoms with Crippen LogP contribution in [0.25, 0.3) is 0 Å². The molecule has 34 heavy (non-hydrogen) atoms. The second-order valence-electron chi connectivity index (χ2n) is 8.05. The molecule has 0 fully saturated rings. The van der Waals surface area contributed by atoms with Crippen molar-refractivity contribution >= 4 is 17.7 Å². The summed E-state index contributed by atoms with van der Waals surface area (Å²) >= 11 is 0. The normalized spacial score (nSPS) is 15.4. The minimum atomic E-state index is -4.77. The third-order valence-electron chi connectivity index (χ3n) is 5.38. The van der Waals surface area contributed by atoms with Crippen LogP contribution in [0.15, 0.2) is 60.4 Å². The molecule has 3 N–H and O–H groups in total. The Labute approximate surface area is 195 Å². The Hall–Kier alpha value is -3.75. The number of aliphatic carboxylic acids is 1. The van der Waals surface area contributed by atoms with E-state index in [0.717, 1.165) is 22.3 Å². The number of hydrogen-bond acceptors (Lipinski definition) is 3. The Balaban J connectivity index is 1.65. The topological polar surface area (TPSA) is 87.7 Å². The highest BCUT2D eigenvalue weighted by Crippen LogP contribution is 2.39. The van der Waals surface area contributed by atoms with Crippen molar-refractivity contribution in [3.8, 4) is 0 Å². The van der Waals surface area contributed by atoms with Gasteiger partial charge in [-0.05, 0) is 66.3 Å². The van der Waals surface area contributed by atoms with Crippen molar-refractivity contribution in [2.24, 2.45) is 0 Å². The van der Waals surface area contributed by atoms with Gasteiger partial charge in [0, 0.05) is 18.2 Å². The number of aryl methyl sites for hydroxylation is 2. The molecule has 9 heteroatoms. The molecule has 1 aliphatic rings. The lowest BCUT2D eigenvalue weighted by atomic mass is 9.84. The summed E-state index contributed by atoms with van der Waals surface area (Å²) in [6.45, 7) is 3.81. The van der Waals surface area contributed by atoms with Crippen LogP contribution in [0.5, 0.6) is 0 Å². The Bertz CT molecular complexity index is 1100. The van der Waals surface area contributed by atoms with E-state index in [4.69, 9.17) is 5.11 Å². The zero-order valence-electron chi connectivity index (χ0n) is 18.7. The fraction of sp³-hybridized carbons (Fsp3) is 0.280. The zero-order valence-corrected chi connectivity index (χ0v) is 18.7. The average Bonchev–Trinajstić information content (AvgIpc) is 2.72. The zero-order chi connectivity index (χ0) is 24.9. The number of allylic oxidation sites excluding steroid dienone is 4. The van der Waals surface area contributed by atoms with E-state index in [1.165, 1.54) is 6.08 Å². The second-order valence-corrected chi connectivity index (χ2v) is 8.05. The number of halogens is 3. The first-order valence-electron chi connectivity index (χ1n) is 10.6. The van der Waals surface area contributed by atoms with Gasteiger partial charge in [-0.25, -0.2) is 4.79 Å². The predicted molar refractivity (Wildman–Crippen MR) is 121 cm³/mol. The molecule has 0 spiro atoms. The molecular formula is C25H25F3N2O4. The SMILES string of the molecule is Cc1cc(NC(=O)NCc2ccc(CC(=O)O)cc2)cc(C)c1C1CC=CC=C1OC(F)(F)F. The summed E-state index contributed by atoms with van der Waals surface area (Å²) in [5.74, 6) is -1.64. The molecule has 6 nitrogen and oxygen atoms in total. The molecule has 3 rings (SSSR count). The smallest absolute Gasteiger partial charge is 0.481 e. The summed E-state index contributed by atoms with van der Waals surface area (Å²) < 4.78 is 42.8. The summed E-state index contributed by atoms with van der Waals surface area (Å²) in [4.78, 5) is 23.1. The first kappa shape index (κ1) is 24.9. The summed E-state index contributed by atoms with van der Waals surface area (Å²) in [5, 5.41) is 14.3. The van der Waals surface area contributed by atoms with E-state index in [0.29, 0.717) is 17.7 Å². The molecule has 0 radical (unpaired) electrons. The van der Waals surface area contributed by atoms with Gasteiger partial charge in [-0.1, -0.05) is 36.4 Å². The molecule has 1 atom stereocenters. The number of ether oxygens (including phenoxy) is 1. The number of alkyl halides is 3. The van der Waals surface area contributed by atoms with Crippen molar-refractivity contribution in [2.75, 3.05) is 5.32 Å². The standard InChI is InChI=1S/C25H25F3N2O4/c1-15-11-19(30-24(33)29-14-18-9-7-17(8-10-18)13-22(31)32)12-16(2)23(15)20-5-3-4-6-21(20)34-25(26,27)28/h3-4,6-12,20H,5,13-14H2,1-2H3,(H,31,32)(H2,29,30,33). The highest BCUT2D eigenvalue weighted by Gasteiger charge is 2.35. The number of carbonyl (C=O) groups is 2. The van der Waals surface area contributed by atoms with Crippen LogP contribution >= 0.6 is 0 Å². The monoisotopic (exact) mass is 474 g/mol. The number of benzene rings is 2. The van der Waals surface area contributed by atoms with Crippen LogP contribution in [-0.4, -0.2) is 23.5 Å². The largest absolute Gasteiger partial charge is 0.572 e. The molecule has 0 bridgehead atoms. The lowest BCUT2D eigenvalue weighted by molar-refractivity contribution is -0.307. The van der Waals surface area contributed by atoms with Gasteiger partial charge in [-0.15, -0.1) is 13.2 Å².